The van der Waals surface area contributed by atoms with Crippen LogP contribution in [0.25, 0.3) is 11.1 Å². The first-order chi connectivity index (χ1) is 13.8. The van der Waals surface area contributed by atoms with Gasteiger partial charge in [0.1, 0.15) is 0 Å². The van der Waals surface area contributed by atoms with Crippen molar-refractivity contribution in [2.45, 2.75) is 44.4 Å². The molecule has 0 aromatic heterocycles. The van der Waals surface area contributed by atoms with Crippen molar-refractivity contribution in [2.75, 3.05) is 19.8 Å². The molecule has 1 spiro atoms. The SMILES string of the molecule is Cc1ccc2c(c1)C(F)(F)c1ccc(CC(=O)N3CC4(CC3C)OCCO4)cc1-2. The van der Waals surface area contributed by atoms with Crippen molar-refractivity contribution in [1.29, 1.82) is 0 Å². The minimum absolute atomic E-state index is 0.00977. The third-order valence-corrected chi connectivity index (χ3v) is 6.26. The molecule has 2 fully saturated rings. The summed E-state index contributed by atoms with van der Waals surface area (Å²) in [5.74, 6) is -3.72. The number of hydrogen-bond donors (Lipinski definition) is 0. The normalized spacial score (nSPS) is 23.4. The molecule has 4 nitrogen and oxygen atoms in total. The second-order valence-corrected chi connectivity index (χ2v) is 8.36. The molecule has 29 heavy (non-hydrogen) atoms. The summed E-state index contributed by atoms with van der Waals surface area (Å²) in [5.41, 5.74) is 2.66. The van der Waals surface area contributed by atoms with Gasteiger partial charge in [-0.05, 0) is 36.6 Å². The Labute approximate surface area is 168 Å². The number of hydrogen-bond acceptors (Lipinski definition) is 3. The summed E-state index contributed by atoms with van der Waals surface area (Å²) in [5, 5.41) is 0. The van der Waals surface area contributed by atoms with Crippen LogP contribution >= 0.6 is 0 Å². The number of alkyl halides is 2. The Balaban J connectivity index is 1.41. The van der Waals surface area contributed by atoms with Crippen LogP contribution < -0.4 is 0 Å². The van der Waals surface area contributed by atoms with Crippen molar-refractivity contribution < 1.29 is 23.0 Å². The van der Waals surface area contributed by atoms with E-state index in [9.17, 15) is 13.6 Å². The van der Waals surface area contributed by atoms with Gasteiger partial charge in [0.15, 0.2) is 5.79 Å². The molecule has 2 saturated heterocycles. The lowest BCUT2D eigenvalue weighted by atomic mass is 10.0. The predicted molar refractivity (Wildman–Crippen MR) is 104 cm³/mol. The van der Waals surface area contributed by atoms with E-state index in [0.717, 1.165) is 11.1 Å². The highest BCUT2D eigenvalue weighted by atomic mass is 19.3. The Kier molecular flexibility index (Phi) is 4.09. The van der Waals surface area contributed by atoms with Crippen LogP contribution in [0.1, 0.15) is 35.6 Å². The fourth-order valence-corrected chi connectivity index (χ4v) is 4.85. The number of nitrogens with zero attached hydrogens (tertiary/aromatic N) is 1. The molecule has 0 N–H and O–H groups in total. The van der Waals surface area contributed by atoms with E-state index in [-0.39, 0.29) is 29.5 Å². The molecule has 152 valence electrons. The monoisotopic (exact) mass is 399 g/mol. The fraction of sp³-hybridized carbons (Fsp3) is 0.435. The highest BCUT2D eigenvalue weighted by Crippen LogP contribution is 2.51. The maximum absolute atomic E-state index is 14.9. The van der Waals surface area contributed by atoms with Gasteiger partial charge in [0.2, 0.25) is 5.91 Å². The minimum atomic E-state index is -3.01. The smallest absolute Gasteiger partial charge is 0.299 e. The number of benzene rings is 2. The third-order valence-electron chi connectivity index (χ3n) is 6.26. The fourth-order valence-electron chi connectivity index (χ4n) is 4.85. The first-order valence-electron chi connectivity index (χ1n) is 9.99. The van der Waals surface area contributed by atoms with E-state index < -0.39 is 11.7 Å². The Morgan fingerprint density at radius 1 is 1.10 bits per heavy atom. The molecule has 0 bridgehead atoms. The van der Waals surface area contributed by atoms with Gasteiger partial charge in [0.25, 0.3) is 5.92 Å². The molecule has 2 heterocycles. The first-order valence-corrected chi connectivity index (χ1v) is 9.99. The topological polar surface area (TPSA) is 38.8 Å². The predicted octanol–water partition coefficient (Wildman–Crippen LogP) is 4.02. The van der Waals surface area contributed by atoms with Gasteiger partial charge < -0.3 is 14.4 Å². The lowest BCUT2D eigenvalue weighted by molar-refractivity contribution is -0.152. The van der Waals surface area contributed by atoms with Crippen molar-refractivity contribution in [3.63, 3.8) is 0 Å². The number of ether oxygens (including phenoxy) is 2. The Morgan fingerprint density at radius 2 is 1.86 bits per heavy atom. The summed E-state index contributed by atoms with van der Waals surface area (Å²) < 4.78 is 41.2. The number of carbonyl (C=O) groups excluding carboxylic acids is 1. The Bertz CT molecular complexity index is 998. The van der Waals surface area contributed by atoms with Crippen molar-refractivity contribution >= 4 is 5.91 Å². The highest BCUT2D eigenvalue weighted by Gasteiger charge is 2.48. The van der Waals surface area contributed by atoms with E-state index in [2.05, 4.69) is 0 Å². The molecule has 1 aliphatic carbocycles. The lowest BCUT2D eigenvalue weighted by Gasteiger charge is -2.23. The summed E-state index contributed by atoms with van der Waals surface area (Å²) >= 11 is 0. The quantitative estimate of drug-likeness (QED) is 0.766. The molecule has 1 unspecified atom stereocenters. The van der Waals surface area contributed by atoms with Gasteiger partial charge in [-0.25, -0.2) is 0 Å². The molecular formula is C23H23F2NO3. The third kappa shape index (κ3) is 2.89. The van der Waals surface area contributed by atoms with Crippen LogP contribution in [0, 0.1) is 6.92 Å². The van der Waals surface area contributed by atoms with E-state index >= 15 is 0 Å². The zero-order valence-electron chi connectivity index (χ0n) is 16.5. The first kappa shape index (κ1) is 18.7. The molecule has 2 aliphatic heterocycles. The van der Waals surface area contributed by atoms with Crippen LogP contribution in [0.4, 0.5) is 8.78 Å². The summed E-state index contributed by atoms with van der Waals surface area (Å²) in [4.78, 5) is 14.7. The maximum atomic E-state index is 14.9. The van der Waals surface area contributed by atoms with E-state index in [1.165, 1.54) is 6.07 Å². The van der Waals surface area contributed by atoms with Gasteiger partial charge in [0.05, 0.1) is 26.2 Å². The molecular weight excluding hydrogens is 376 g/mol. The number of amides is 1. The number of rotatable bonds is 2. The Hall–Kier alpha value is -2.31. The summed E-state index contributed by atoms with van der Waals surface area (Å²) in [6.45, 7) is 5.31. The van der Waals surface area contributed by atoms with Gasteiger partial charge in [-0.3, -0.25) is 4.79 Å². The molecule has 6 heteroatoms. The van der Waals surface area contributed by atoms with E-state index in [1.807, 2.05) is 19.9 Å². The molecule has 0 radical (unpaired) electrons. The Morgan fingerprint density at radius 3 is 2.62 bits per heavy atom. The van der Waals surface area contributed by atoms with E-state index in [4.69, 9.17) is 9.47 Å². The molecule has 3 aliphatic rings. The van der Waals surface area contributed by atoms with Crippen LogP contribution in [0.3, 0.4) is 0 Å². The van der Waals surface area contributed by atoms with Crippen molar-refractivity contribution in [2.24, 2.45) is 0 Å². The maximum Gasteiger partial charge on any atom is 0.299 e. The average molecular weight is 399 g/mol. The van der Waals surface area contributed by atoms with Gasteiger partial charge in [-0.15, -0.1) is 0 Å². The van der Waals surface area contributed by atoms with Crippen molar-refractivity contribution in [3.05, 3.63) is 58.7 Å². The summed E-state index contributed by atoms with van der Waals surface area (Å²) in [6.07, 6.45) is 0.822. The minimum Gasteiger partial charge on any atom is -0.346 e. The number of fused-ring (bicyclic) bond motifs is 3. The van der Waals surface area contributed by atoms with Gasteiger partial charge in [0, 0.05) is 23.6 Å². The van der Waals surface area contributed by atoms with Crippen LogP contribution in [0.5, 0.6) is 0 Å². The second-order valence-electron chi connectivity index (χ2n) is 8.36. The van der Waals surface area contributed by atoms with Gasteiger partial charge >= 0.3 is 0 Å². The lowest BCUT2D eigenvalue weighted by Crippen LogP contribution is -2.39. The van der Waals surface area contributed by atoms with E-state index in [0.29, 0.717) is 37.3 Å². The zero-order chi connectivity index (χ0) is 20.4. The number of halogens is 2. The van der Waals surface area contributed by atoms with Crippen LogP contribution in [0.2, 0.25) is 0 Å². The number of aryl methyl sites for hydroxylation is 1. The second kappa shape index (κ2) is 6.34. The van der Waals surface area contributed by atoms with Gasteiger partial charge in [-0.2, -0.15) is 8.78 Å². The van der Waals surface area contributed by atoms with Crippen molar-refractivity contribution in [1.82, 2.24) is 4.90 Å². The summed E-state index contributed by atoms with van der Waals surface area (Å²) in [7, 11) is 0. The molecule has 5 rings (SSSR count). The van der Waals surface area contributed by atoms with Crippen molar-refractivity contribution in [3.8, 4) is 11.1 Å². The average Bonchev–Trinajstić information content (AvgIpc) is 3.32. The zero-order valence-corrected chi connectivity index (χ0v) is 16.5. The number of carbonyl (C=O) groups is 1. The highest BCUT2D eigenvalue weighted by molar-refractivity contribution is 5.83. The van der Waals surface area contributed by atoms with Crippen LogP contribution in [-0.2, 0) is 26.6 Å². The largest absolute Gasteiger partial charge is 0.346 e. The van der Waals surface area contributed by atoms with Crippen LogP contribution in [0.15, 0.2) is 36.4 Å². The van der Waals surface area contributed by atoms with Gasteiger partial charge in [-0.1, -0.05) is 35.9 Å². The molecule has 1 amide bonds. The summed E-state index contributed by atoms with van der Waals surface area (Å²) in [6, 6.07) is 10.00. The standard InChI is InChI=1S/C23H23F2NO3/c1-14-3-5-17-18-10-16(4-6-19(18)23(24,25)20(17)9-14)11-21(27)26-13-22(12-15(26)2)28-7-8-29-22/h3-6,9-10,15H,7-8,11-13H2,1-2H3. The number of likely N-dealkylation sites (tertiary alicyclic amines) is 1. The van der Waals surface area contributed by atoms with Crippen LogP contribution in [-0.4, -0.2) is 42.4 Å². The molecule has 2 aromatic rings. The molecule has 2 aromatic carbocycles. The molecule has 0 saturated carbocycles. The van der Waals surface area contributed by atoms with E-state index in [1.54, 1.807) is 29.2 Å². The molecule has 1 atom stereocenters.